The molecule has 0 saturated carbocycles. The van der Waals surface area contributed by atoms with E-state index in [2.05, 4.69) is 6.92 Å². The van der Waals surface area contributed by atoms with Crippen LogP contribution in [-0.4, -0.2) is 31.5 Å². The summed E-state index contributed by atoms with van der Waals surface area (Å²) in [7, 11) is 0. The van der Waals surface area contributed by atoms with Crippen LogP contribution in [0.1, 0.15) is 90.4 Å². The highest BCUT2D eigenvalue weighted by atomic mass is 35.5. The number of halogens is 7. The fourth-order valence-corrected chi connectivity index (χ4v) is 4.52. The fourth-order valence-electron chi connectivity index (χ4n) is 2.92. The maximum Gasteiger partial charge on any atom is 0.346 e. The first kappa shape index (κ1) is 30.5. The van der Waals surface area contributed by atoms with E-state index in [1.54, 1.807) is 0 Å². The van der Waals surface area contributed by atoms with Crippen molar-refractivity contribution in [3.8, 4) is 0 Å². The first-order valence-corrected chi connectivity index (χ1v) is 13.2. The molecule has 0 atom stereocenters. The average Bonchev–Trinajstić information content (AvgIpc) is 2.66. The van der Waals surface area contributed by atoms with Gasteiger partial charge in [-0.25, -0.2) is 4.79 Å². The monoisotopic (exact) mass is 550 g/mol. The van der Waals surface area contributed by atoms with E-state index in [9.17, 15) is 4.79 Å². The first-order valence-electron chi connectivity index (χ1n) is 10.4. The largest absolute Gasteiger partial charge is 0.462 e. The second-order valence-corrected chi connectivity index (χ2v) is 11.8. The maximum absolute atomic E-state index is 12.1. The van der Waals surface area contributed by atoms with Crippen molar-refractivity contribution in [2.45, 2.75) is 103 Å². The topological polar surface area (TPSA) is 26.3 Å². The molecule has 0 aromatic rings. The summed E-state index contributed by atoms with van der Waals surface area (Å²) in [5, 5.41) is 0. The minimum Gasteiger partial charge on any atom is -0.462 e. The van der Waals surface area contributed by atoms with Crippen molar-refractivity contribution >= 4 is 87.2 Å². The Morgan fingerprint density at radius 1 is 0.724 bits per heavy atom. The van der Waals surface area contributed by atoms with Crippen LogP contribution in [0, 0.1) is 0 Å². The molecule has 0 heterocycles. The summed E-state index contributed by atoms with van der Waals surface area (Å²) in [6.45, 7) is 2.15. The Kier molecular flexibility index (Phi) is 17.0. The van der Waals surface area contributed by atoms with Gasteiger partial charge in [0.1, 0.15) is 6.61 Å². The summed E-state index contributed by atoms with van der Waals surface area (Å²) in [5.74, 6) is -0.953. The second kappa shape index (κ2) is 16.2. The molecule has 0 aliphatic carbocycles. The van der Waals surface area contributed by atoms with Gasteiger partial charge in [0.05, 0.1) is 5.88 Å². The smallest absolute Gasteiger partial charge is 0.346 e. The highest BCUT2D eigenvalue weighted by Crippen LogP contribution is 2.56. The van der Waals surface area contributed by atoms with Crippen molar-refractivity contribution in [2.24, 2.45) is 0 Å². The molecule has 0 N–H and O–H groups in total. The number of hydrogen-bond donors (Lipinski definition) is 0. The van der Waals surface area contributed by atoms with Gasteiger partial charge in [-0.3, -0.25) is 0 Å². The van der Waals surface area contributed by atoms with Crippen LogP contribution in [0.25, 0.3) is 0 Å². The Labute approximate surface area is 211 Å². The van der Waals surface area contributed by atoms with Gasteiger partial charge in [0.25, 0.3) is 0 Å². The minimum atomic E-state index is -2.33. The van der Waals surface area contributed by atoms with Crippen LogP contribution < -0.4 is 0 Å². The molecule has 29 heavy (non-hydrogen) atoms. The standard InChI is InChI=1S/C20H33Cl7O2/c1-2-3-4-5-6-7-8-9-10-11-12-13-14-18(22,23)20(26,27)19(24,25)17(28)29-16-15-21/h2-16H2,1H3. The Bertz CT molecular complexity index is 443. The van der Waals surface area contributed by atoms with Crippen molar-refractivity contribution in [1.82, 2.24) is 0 Å². The number of ether oxygens (including phenoxy) is 1. The SMILES string of the molecule is CCCCCCCCCCCCCCC(Cl)(Cl)C(Cl)(Cl)C(Cl)(Cl)C(=O)OCCCl. The van der Waals surface area contributed by atoms with Crippen LogP contribution in [0.5, 0.6) is 0 Å². The molecule has 0 amide bonds. The highest BCUT2D eigenvalue weighted by Gasteiger charge is 2.64. The van der Waals surface area contributed by atoms with E-state index in [-0.39, 0.29) is 18.9 Å². The molecule has 0 aliphatic rings. The molecule has 0 rings (SSSR count). The zero-order valence-electron chi connectivity index (χ0n) is 17.1. The maximum atomic E-state index is 12.1. The van der Waals surface area contributed by atoms with E-state index >= 15 is 0 Å². The molecule has 174 valence electrons. The van der Waals surface area contributed by atoms with E-state index in [1.807, 2.05) is 0 Å². The van der Waals surface area contributed by atoms with Gasteiger partial charge in [-0.1, -0.05) is 154 Å². The lowest BCUT2D eigenvalue weighted by Gasteiger charge is -2.39. The van der Waals surface area contributed by atoms with Gasteiger partial charge in [0.15, 0.2) is 8.67 Å². The molecule has 0 spiro atoms. The van der Waals surface area contributed by atoms with Gasteiger partial charge in [-0.05, 0) is 6.42 Å². The fraction of sp³-hybridized carbons (Fsp3) is 0.950. The second-order valence-electron chi connectivity index (χ2n) is 7.32. The number of rotatable bonds is 18. The lowest BCUT2D eigenvalue weighted by atomic mass is 10.0. The molecule has 0 aromatic heterocycles. The number of esters is 1. The van der Waals surface area contributed by atoms with Crippen LogP contribution >= 0.6 is 81.2 Å². The van der Waals surface area contributed by atoms with Gasteiger partial charge in [0.2, 0.25) is 4.33 Å². The van der Waals surface area contributed by atoms with Gasteiger partial charge < -0.3 is 4.74 Å². The number of unbranched alkanes of at least 4 members (excludes halogenated alkanes) is 11. The van der Waals surface area contributed by atoms with E-state index in [0.29, 0.717) is 6.42 Å². The van der Waals surface area contributed by atoms with E-state index in [0.717, 1.165) is 12.8 Å². The Hall–Kier alpha value is 1.50. The predicted octanol–water partition coefficient (Wildman–Crippen LogP) is 9.38. The molecule has 0 aromatic carbocycles. The predicted molar refractivity (Wildman–Crippen MR) is 131 cm³/mol. The van der Waals surface area contributed by atoms with Gasteiger partial charge in [-0.2, -0.15) is 0 Å². The molecule has 0 fully saturated rings. The average molecular weight is 554 g/mol. The molecule has 2 nitrogen and oxygen atoms in total. The van der Waals surface area contributed by atoms with Crippen molar-refractivity contribution in [2.75, 3.05) is 12.5 Å². The summed E-state index contributed by atoms with van der Waals surface area (Å²) in [6, 6.07) is 0. The van der Waals surface area contributed by atoms with Gasteiger partial charge in [0, 0.05) is 0 Å². The summed E-state index contributed by atoms with van der Waals surface area (Å²) in [5.41, 5.74) is 0. The van der Waals surface area contributed by atoms with E-state index in [4.69, 9.17) is 85.9 Å². The van der Waals surface area contributed by atoms with Crippen molar-refractivity contribution in [3.63, 3.8) is 0 Å². The van der Waals surface area contributed by atoms with E-state index < -0.39 is 19.0 Å². The third-order valence-electron chi connectivity index (χ3n) is 4.76. The molecular formula is C20H33Cl7O2. The van der Waals surface area contributed by atoms with E-state index in [1.165, 1.54) is 57.8 Å². The molecule has 0 radical (unpaired) electrons. The number of hydrogen-bond acceptors (Lipinski definition) is 2. The summed E-state index contributed by atoms with van der Waals surface area (Å²) >= 11 is 42.7. The van der Waals surface area contributed by atoms with Crippen LogP contribution in [0.2, 0.25) is 0 Å². The van der Waals surface area contributed by atoms with Crippen molar-refractivity contribution < 1.29 is 9.53 Å². The Morgan fingerprint density at radius 3 is 1.55 bits per heavy atom. The lowest BCUT2D eigenvalue weighted by Crippen LogP contribution is -2.54. The van der Waals surface area contributed by atoms with Crippen LogP contribution in [0.15, 0.2) is 0 Å². The normalized spacial score (nSPS) is 13.0. The zero-order chi connectivity index (χ0) is 22.4. The number of alkyl halides is 7. The molecule has 9 heteroatoms. The quantitative estimate of drug-likeness (QED) is 0.0960. The summed E-state index contributed by atoms with van der Waals surface area (Å²) in [6.07, 6.45) is 14.6. The number of carbonyl (C=O) groups is 1. The Balaban J connectivity index is 4.13. The zero-order valence-corrected chi connectivity index (χ0v) is 22.4. The first-order chi connectivity index (χ1) is 13.5. The third kappa shape index (κ3) is 11.3. The lowest BCUT2D eigenvalue weighted by molar-refractivity contribution is -0.144. The molecule has 0 saturated heterocycles. The molecule has 0 bridgehead atoms. The van der Waals surface area contributed by atoms with Crippen LogP contribution in [0.4, 0.5) is 0 Å². The van der Waals surface area contributed by atoms with Crippen LogP contribution in [0.3, 0.4) is 0 Å². The highest BCUT2D eigenvalue weighted by molar-refractivity contribution is 6.73. The van der Waals surface area contributed by atoms with Gasteiger partial charge >= 0.3 is 5.97 Å². The minimum absolute atomic E-state index is 0.0816. The van der Waals surface area contributed by atoms with Crippen molar-refractivity contribution in [3.05, 3.63) is 0 Å². The molecule has 0 aliphatic heterocycles. The van der Waals surface area contributed by atoms with Gasteiger partial charge in [-0.15, -0.1) is 11.6 Å². The van der Waals surface area contributed by atoms with Crippen molar-refractivity contribution in [1.29, 1.82) is 0 Å². The molecular weight excluding hydrogens is 520 g/mol. The third-order valence-corrected chi connectivity index (χ3v) is 8.73. The summed E-state index contributed by atoms with van der Waals surface area (Å²) < 4.78 is -1.38. The molecule has 0 unspecified atom stereocenters. The number of carbonyl (C=O) groups excluding carboxylic acids is 1. The summed E-state index contributed by atoms with van der Waals surface area (Å²) in [4.78, 5) is 12.1. The Morgan fingerprint density at radius 2 is 1.14 bits per heavy atom. The van der Waals surface area contributed by atoms with Crippen LogP contribution in [-0.2, 0) is 9.53 Å².